The molecule has 0 aliphatic rings. The quantitative estimate of drug-likeness (QED) is 0.425. The van der Waals surface area contributed by atoms with Crippen molar-refractivity contribution in [1.82, 2.24) is 15.5 Å². The molecule has 10 heteroatoms. The summed E-state index contributed by atoms with van der Waals surface area (Å²) in [4.78, 5) is 26.4. The molecule has 0 unspecified atom stereocenters. The molecule has 0 bridgehead atoms. The minimum absolute atomic E-state index is 0.0904. The fourth-order valence-electron chi connectivity index (χ4n) is 1.86. The van der Waals surface area contributed by atoms with E-state index in [-0.39, 0.29) is 18.7 Å². The van der Waals surface area contributed by atoms with Crippen LogP contribution in [0.5, 0.6) is 0 Å². The second-order valence-electron chi connectivity index (χ2n) is 5.16. The second kappa shape index (κ2) is 11.1. The normalized spacial score (nSPS) is 10.7. The molecule has 0 spiro atoms. The minimum Gasteiger partial charge on any atom is -0.481 e. The third-order valence-electron chi connectivity index (χ3n) is 3.13. The molecule has 1 amide bonds. The number of carbonyl (C=O) groups is 2. The lowest BCUT2D eigenvalue weighted by atomic mass is 10.2. The fraction of sp³-hybridized carbons (Fsp3) is 0.375. The van der Waals surface area contributed by atoms with Crippen LogP contribution in [0.4, 0.5) is 0 Å². The van der Waals surface area contributed by atoms with Crippen LogP contribution in [0.15, 0.2) is 28.8 Å². The van der Waals surface area contributed by atoms with Gasteiger partial charge in [0.15, 0.2) is 0 Å². The van der Waals surface area contributed by atoms with Crippen molar-refractivity contribution in [2.45, 2.75) is 19.3 Å². The maximum absolute atomic E-state index is 11.8. The van der Waals surface area contributed by atoms with Gasteiger partial charge < -0.3 is 14.9 Å². The van der Waals surface area contributed by atoms with E-state index in [1.54, 1.807) is 35.1 Å². The highest BCUT2D eigenvalue weighted by Gasteiger charge is 2.10. The van der Waals surface area contributed by atoms with Gasteiger partial charge >= 0.3 is 5.97 Å². The maximum Gasteiger partial charge on any atom is 0.304 e. The van der Waals surface area contributed by atoms with Gasteiger partial charge in [-0.1, -0.05) is 38.3 Å². The first-order valence-electron chi connectivity index (χ1n) is 7.86. The zero-order chi connectivity index (χ0) is 18.8. The van der Waals surface area contributed by atoms with Gasteiger partial charge in [-0.05, 0) is 24.3 Å². The lowest BCUT2D eigenvalue weighted by molar-refractivity contribution is -0.136. The van der Waals surface area contributed by atoms with Crippen LogP contribution in [0, 0.1) is 0 Å². The predicted molar refractivity (Wildman–Crippen MR) is 103 cm³/mol. The molecule has 2 aromatic rings. The number of nitrogens with zero attached hydrogens (tertiary/aromatic N) is 2. The lowest BCUT2D eigenvalue weighted by Gasteiger charge is -2.03. The molecule has 1 heterocycles. The summed E-state index contributed by atoms with van der Waals surface area (Å²) in [5.41, 5.74) is 0.797. The number of rotatable bonds is 11. The number of aliphatic carboxylic acids is 1. The van der Waals surface area contributed by atoms with E-state index in [1.807, 2.05) is 0 Å². The third kappa shape index (κ3) is 7.67. The Morgan fingerprint density at radius 3 is 2.62 bits per heavy atom. The number of halogens is 1. The van der Waals surface area contributed by atoms with Crippen molar-refractivity contribution in [2.75, 3.05) is 18.1 Å². The number of hydrogen-bond acceptors (Lipinski definition) is 7. The van der Waals surface area contributed by atoms with E-state index < -0.39 is 5.97 Å². The first-order valence-corrected chi connectivity index (χ1v) is 10.7. The van der Waals surface area contributed by atoms with E-state index >= 15 is 0 Å². The Hall–Kier alpha value is -1.71. The van der Waals surface area contributed by atoms with Crippen LogP contribution in [-0.2, 0) is 16.0 Å². The van der Waals surface area contributed by atoms with Gasteiger partial charge in [-0.25, -0.2) is 0 Å². The van der Waals surface area contributed by atoms with Gasteiger partial charge in [-0.3, -0.25) is 9.59 Å². The molecule has 7 nitrogen and oxygen atoms in total. The Morgan fingerprint density at radius 1 is 1.15 bits per heavy atom. The number of carboxylic acids is 1. The van der Waals surface area contributed by atoms with Crippen molar-refractivity contribution in [3.8, 4) is 11.4 Å². The van der Waals surface area contributed by atoms with E-state index in [0.717, 1.165) is 11.3 Å². The van der Waals surface area contributed by atoms with E-state index in [9.17, 15) is 9.59 Å². The van der Waals surface area contributed by atoms with E-state index in [1.165, 1.54) is 10.8 Å². The highest BCUT2D eigenvalue weighted by atomic mass is 35.5. The summed E-state index contributed by atoms with van der Waals surface area (Å²) in [5, 5.41) is 15.9. The molecule has 2 N–H and O–H groups in total. The van der Waals surface area contributed by atoms with Gasteiger partial charge in [-0.2, -0.15) is 4.98 Å². The minimum atomic E-state index is -0.799. The van der Waals surface area contributed by atoms with E-state index in [2.05, 4.69) is 15.5 Å². The fourth-order valence-corrected chi connectivity index (χ4v) is 3.87. The number of carboxylic acid groups (broad SMARTS) is 1. The van der Waals surface area contributed by atoms with Gasteiger partial charge in [0.1, 0.15) is 0 Å². The summed E-state index contributed by atoms with van der Waals surface area (Å²) in [6.45, 7) is 0.531. The van der Waals surface area contributed by atoms with Crippen LogP contribution in [0.2, 0.25) is 5.02 Å². The zero-order valence-electron chi connectivity index (χ0n) is 13.8. The molecule has 26 heavy (non-hydrogen) atoms. The lowest BCUT2D eigenvalue weighted by Crippen LogP contribution is -2.25. The van der Waals surface area contributed by atoms with Crippen LogP contribution in [0.25, 0.3) is 11.4 Å². The molecule has 0 saturated heterocycles. The molecule has 1 aromatic heterocycles. The summed E-state index contributed by atoms with van der Waals surface area (Å²) in [5.74, 6) is 1.26. The number of nitrogens with one attached hydrogen (secondary N) is 1. The topological polar surface area (TPSA) is 105 Å². The number of aromatic nitrogens is 2. The SMILES string of the molecule is O=C(O)CCSSCCNC(=O)CCc1nc(-c2ccc(Cl)cc2)no1. The van der Waals surface area contributed by atoms with Crippen LogP contribution in [0.1, 0.15) is 18.7 Å². The van der Waals surface area contributed by atoms with E-state index in [4.69, 9.17) is 21.2 Å². The Bertz CT molecular complexity index is 725. The summed E-state index contributed by atoms with van der Waals surface area (Å²) < 4.78 is 5.16. The van der Waals surface area contributed by atoms with Crippen molar-refractivity contribution in [2.24, 2.45) is 0 Å². The van der Waals surface area contributed by atoms with Gasteiger partial charge in [0.25, 0.3) is 0 Å². The number of amides is 1. The Balaban J connectivity index is 1.62. The average Bonchev–Trinajstić information content (AvgIpc) is 3.08. The Morgan fingerprint density at radius 2 is 1.88 bits per heavy atom. The smallest absolute Gasteiger partial charge is 0.304 e. The van der Waals surface area contributed by atoms with Crippen molar-refractivity contribution in [3.05, 3.63) is 35.2 Å². The van der Waals surface area contributed by atoms with Crippen LogP contribution >= 0.6 is 33.2 Å². The molecule has 0 radical (unpaired) electrons. The average molecular weight is 416 g/mol. The van der Waals surface area contributed by atoms with Crippen molar-refractivity contribution in [1.29, 1.82) is 0 Å². The number of carbonyl (C=O) groups excluding carboxylic acids is 1. The number of benzene rings is 1. The van der Waals surface area contributed by atoms with Crippen LogP contribution in [0.3, 0.4) is 0 Å². The molecule has 0 atom stereocenters. The summed E-state index contributed by atoms with van der Waals surface area (Å²) in [6, 6.07) is 7.10. The monoisotopic (exact) mass is 415 g/mol. The summed E-state index contributed by atoms with van der Waals surface area (Å²) >= 11 is 5.84. The Labute approximate surface area is 163 Å². The van der Waals surface area contributed by atoms with Crippen LogP contribution in [-0.4, -0.2) is 45.2 Å². The number of aryl methyl sites for hydroxylation is 1. The predicted octanol–water partition coefficient (Wildman–Crippen LogP) is 3.29. The molecule has 1 aromatic carbocycles. The molecule has 2 rings (SSSR count). The van der Waals surface area contributed by atoms with Crippen molar-refractivity contribution in [3.63, 3.8) is 0 Å². The molecule has 0 saturated carbocycles. The standard InChI is InChI=1S/C16H18ClN3O4S2/c17-12-3-1-11(2-4-12)16-19-14(24-20-16)6-5-13(21)18-8-10-26-25-9-7-15(22)23/h1-4H,5-10H2,(H,18,21)(H,22,23). The largest absolute Gasteiger partial charge is 0.481 e. The molecular weight excluding hydrogens is 398 g/mol. The summed E-state index contributed by atoms with van der Waals surface area (Å²) in [6.07, 6.45) is 0.776. The van der Waals surface area contributed by atoms with Gasteiger partial charge in [0.2, 0.25) is 17.6 Å². The molecule has 0 aliphatic heterocycles. The van der Waals surface area contributed by atoms with Gasteiger partial charge in [0, 0.05) is 41.5 Å². The highest BCUT2D eigenvalue weighted by Crippen LogP contribution is 2.21. The van der Waals surface area contributed by atoms with E-state index in [0.29, 0.717) is 35.5 Å². The first kappa shape index (κ1) is 20.6. The highest BCUT2D eigenvalue weighted by molar-refractivity contribution is 8.76. The summed E-state index contributed by atoms with van der Waals surface area (Å²) in [7, 11) is 3.03. The molecule has 140 valence electrons. The third-order valence-corrected chi connectivity index (χ3v) is 5.79. The van der Waals surface area contributed by atoms with Crippen molar-refractivity contribution < 1.29 is 19.2 Å². The first-order chi connectivity index (χ1) is 12.5. The molecule has 0 fully saturated rings. The maximum atomic E-state index is 11.8. The molecule has 0 aliphatic carbocycles. The second-order valence-corrected chi connectivity index (χ2v) is 8.29. The van der Waals surface area contributed by atoms with Gasteiger partial charge in [-0.15, -0.1) is 0 Å². The number of hydrogen-bond donors (Lipinski definition) is 2. The Kier molecular flexibility index (Phi) is 8.79. The van der Waals surface area contributed by atoms with Gasteiger partial charge in [0.05, 0.1) is 6.42 Å². The van der Waals surface area contributed by atoms with Crippen molar-refractivity contribution >= 4 is 45.1 Å². The molecular formula is C16H18ClN3O4S2. The van der Waals surface area contributed by atoms with Crippen LogP contribution < -0.4 is 5.32 Å². The zero-order valence-corrected chi connectivity index (χ0v) is 16.2.